The first-order valence-corrected chi connectivity index (χ1v) is 7.95. The highest BCUT2D eigenvalue weighted by atomic mass is 32.2. The predicted octanol–water partition coefficient (Wildman–Crippen LogP) is 4.18. The molecule has 0 fully saturated rings. The van der Waals surface area contributed by atoms with Gasteiger partial charge in [-0.1, -0.05) is 47.7 Å². The summed E-state index contributed by atoms with van der Waals surface area (Å²) in [4.78, 5) is 12.0. The maximum atomic E-state index is 12.0. The first kappa shape index (κ1) is 14.9. The Bertz CT molecular complexity index is 528. The smallest absolute Gasteiger partial charge is 0.196 e. The number of carbonyl (C=O) groups is 1. The van der Waals surface area contributed by atoms with E-state index in [0.29, 0.717) is 0 Å². The van der Waals surface area contributed by atoms with E-state index in [1.54, 1.807) is 7.11 Å². The summed E-state index contributed by atoms with van der Waals surface area (Å²) in [5.74, 6) is 1.19. The summed E-state index contributed by atoms with van der Waals surface area (Å²) >= 11 is 1.33. The summed E-state index contributed by atoms with van der Waals surface area (Å²) < 4.78 is 5.14. The second-order valence-corrected chi connectivity index (χ2v) is 5.79. The number of hydrogen-bond donors (Lipinski definition) is 0. The predicted molar refractivity (Wildman–Crippen MR) is 85.9 cm³/mol. The average molecular weight is 288 g/mol. The van der Waals surface area contributed by atoms with E-state index in [1.165, 1.54) is 17.3 Å². The lowest BCUT2D eigenvalue weighted by Gasteiger charge is -2.16. The van der Waals surface area contributed by atoms with Crippen molar-refractivity contribution in [3.8, 4) is 5.75 Å². The molecule has 106 valence electrons. The zero-order valence-electron chi connectivity index (χ0n) is 12.1. The van der Waals surface area contributed by atoms with E-state index in [4.69, 9.17) is 4.74 Å². The van der Waals surface area contributed by atoms with Gasteiger partial charge in [0.05, 0.1) is 13.0 Å². The van der Waals surface area contributed by atoms with Crippen LogP contribution in [0.5, 0.6) is 5.75 Å². The maximum Gasteiger partial charge on any atom is 0.196 e. The van der Waals surface area contributed by atoms with E-state index in [-0.39, 0.29) is 17.0 Å². The zero-order valence-corrected chi connectivity index (χ0v) is 12.9. The number of carbonyl (C=O) groups excluding carboxylic acids is 1. The van der Waals surface area contributed by atoms with Crippen molar-refractivity contribution in [1.82, 2.24) is 0 Å². The lowest BCUT2D eigenvalue weighted by Crippen LogP contribution is -2.16. The van der Waals surface area contributed by atoms with Gasteiger partial charge >= 0.3 is 0 Å². The standard InChI is InChI=1S/C17H20O2S/c1-12-4-8-14(16(12)17(18)20-3)9-5-13-6-10-15(19-2)11-7-13/h4-7,9-11,14,16H,8H2,1-3H3/b9-5+. The molecule has 2 atom stereocenters. The van der Waals surface area contributed by atoms with Crippen LogP contribution in [0.3, 0.4) is 0 Å². The minimum absolute atomic E-state index is 0.0412. The number of thioether (sulfide) groups is 1. The van der Waals surface area contributed by atoms with E-state index in [1.807, 2.05) is 30.5 Å². The van der Waals surface area contributed by atoms with Crippen LogP contribution in [-0.2, 0) is 4.79 Å². The molecule has 0 saturated carbocycles. The fourth-order valence-corrected chi connectivity index (χ4v) is 3.16. The van der Waals surface area contributed by atoms with Crippen molar-refractivity contribution in [3.63, 3.8) is 0 Å². The van der Waals surface area contributed by atoms with Gasteiger partial charge in [-0.15, -0.1) is 0 Å². The molecule has 0 radical (unpaired) electrons. The SMILES string of the molecule is COc1ccc(/C=C/C2CC=C(C)C2C(=O)SC)cc1. The summed E-state index contributed by atoms with van der Waals surface area (Å²) in [6.07, 6.45) is 9.25. The Balaban J connectivity index is 2.08. The summed E-state index contributed by atoms with van der Waals surface area (Å²) in [6, 6.07) is 7.94. The van der Waals surface area contributed by atoms with E-state index in [2.05, 4.69) is 25.2 Å². The minimum Gasteiger partial charge on any atom is -0.497 e. The van der Waals surface area contributed by atoms with Crippen LogP contribution < -0.4 is 4.74 Å². The lowest BCUT2D eigenvalue weighted by atomic mass is 9.92. The average Bonchev–Trinajstić information content (AvgIpc) is 2.86. The molecule has 3 heteroatoms. The summed E-state index contributed by atoms with van der Waals surface area (Å²) in [5, 5.41) is 0.264. The Morgan fingerprint density at radius 2 is 2.05 bits per heavy atom. The highest BCUT2D eigenvalue weighted by molar-refractivity contribution is 8.13. The monoisotopic (exact) mass is 288 g/mol. The fourth-order valence-electron chi connectivity index (χ4n) is 2.55. The molecule has 0 saturated heterocycles. The van der Waals surface area contributed by atoms with Crippen LogP contribution >= 0.6 is 11.8 Å². The van der Waals surface area contributed by atoms with Crippen LogP contribution in [0.1, 0.15) is 18.9 Å². The molecule has 0 spiro atoms. The molecule has 0 amide bonds. The summed E-state index contributed by atoms with van der Waals surface area (Å²) in [5.41, 5.74) is 2.33. The largest absolute Gasteiger partial charge is 0.497 e. The van der Waals surface area contributed by atoms with Gasteiger partial charge in [0.15, 0.2) is 5.12 Å². The minimum atomic E-state index is 0.0412. The Morgan fingerprint density at radius 3 is 2.65 bits per heavy atom. The molecule has 1 aromatic carbocycles. The third-order valence-electron chi connectivity index (χ3n) is 3.74. The van der Waals surface area contributed by atoms with Crippen LogP contribution in [-0.4, -0.2) is 18.5 Å². The highest BCUT2D eigenvalue weighted by Crippen LogP contribution is 2.36. The van der Waals surface area contributed by atoms with Gasteiger partial charge in [-0.2, -0.15) is 0 Å². The van der Waals surface area contributed by atoms with Crippen molar-refractivity contribution >= 4 is 23.0 Å². The van der Waals surface area contributed by atoms with Crippen molar-refractivity contribution in [2.45, 2.75) is 13.3 Å². The second-order valence-electron chi connectivity index (χ2n) is 4.98. The van der Waals surface area contributed by atoms with Crippen molar-refractivity contribution in [1.29, 1.82) is 0 Å². The van der Waals surface area contributed by atoms with Crippen LogP contribution in [0.15, 0.2) is 42.0 Å². The second kappa shape index (κ2) is 6.80. The van der Waals surface area contributed by atoms with Crippen LogP contribution in [0.2, 0.25) is 0 Å². The molecule has 1 aliphatic carbocycles. The molecular weight excluding hydrogens is 268 g/mol. The molecule has 0 heterocycles. The molecule has 0 N–H and O–H groups in total. The molecule has 1 aliphatic rings. The van der Waals surface area contributed by atoms with Gasteiger partial charge in [0.2, 0.25) is 0 Å². The van der Waals surface area contributed by atoms with Gasteiger partial charge in [-0.25, -0.2) is 0 Å². The van der Waals surface area contributed by atoms with Gasteiger partial charge in [0, 0.05) is 0 Å². The van der Waals surface area contributed by atoms with Crippen molar-refractivity contribution in [2.24, 2.45) is 11.8 Å². The quantitative estimate of drug-likeness (QED) is 0.777. The van der Waals surface area contributed by atoms with E-state index < -0.39 is 0 Å². The first-order valence-electron chi connectivity index (χ1n) is 6.72. The number of hydrogen-bond acceptors (Lipinski definition) is 3. The number of benzene rings is 1. The Labute approximate surface area is 124 Å². The lowest BCUT2D eigenvalue weighted by molar-refractivity contribution is -0.114. The van der Waals surface area contributed by atoms with Crippen molar-refractivity contribution in [2.75, 3.05) is 13.4 Å². The molecule has 1 aromatic rings. The number of rotatable bonds is 4. The van der Waals surface area contributed by atoms with Gasteiger partial charge in [-0.3, -0.25) is 4.79 Å². The van der Waals surface area contributed by atoms with Gasteiger partial charge in [-0.05, 0) is 43.2 Å². The zero-order chi connectivity index (χ0) is 14.5. The first-order chi connectivity index (χ1) is 9.65. The molecule has 2 rings (SSSR count). The molecule has 0 aliphatic heterocycles. The van der Waals surface area contributed by atoms with Gasteiger partial charge in [0.1, 0.15) is 5.75 Å². The molecule has 0 aromatic heterocycles. The van der Waals surface area contributed by atoms with E-state index in [9.17, 15) is 4.79 Å². The van der Waals surface area contributed by atoms with Crippen LogP contribution in [0.25, 0.3) is 6.08 Å². The van der Waals surface area contributed by atoms with Gasteiger partial charge in [0.25, 0.3) is 0 Å². The highest BCUT2D eigenvalue weighted by Gasteiger charge is 2.30. The third kappa shape index (κ3) is 3.34. The fraction of sp³-hybridized carbons (Fsp3) is 0.353. The maximum absolute atomic E-state index is 12.0. The van der Waals surface area contributed by atoms with Crippen LogP contribution in [0, 0.1) is 11.8 Å². The topological polar surface area (TPSA) is 26.3 Å². The molecule has 2 unspecified atom stereocenters. The molecular formula is C17H20O2S. The van der Waals surface area contributed by atoms with Crippen molar-refractivity contribution in [3.05, 3.63) is 47.6 Å². The van der Waals surface area contributed by atoms with Gasteiger partial charge < -0.3 is 4.74 Å². The molecule has 20 heavy (non-hydrogen) atoms. The number of methoxy groups -OCH3 is 1. The van der Waals surface area contributed by atoms with E-state index >= 15 is 0 Å². The van der Waals surface area contributed by atoms with Crippen molar-refractivity contribution < 1.29 is 9.53 Å². The summed E-state index contributed by atoms with van der Waals surface area (Å²) in [7, 11) is 1.66. The normalized spacial score (nSPS) is 22.1. The van der Waals surface area contributed by atoms with E-state index in [0.717, 1.165) is 17.7 Å². The Hall–Kier alpha value is -1.48. The number of allylic oxidation sites excluding steroid dienone is 3. The Kier molecular flexibility index (Phi) is 5.07. The molecule has 2 nitrogen and oxygen atoms in total. The number of ether oxygens (including phenoxy) is 1. The van der Waals surface area contributed by atoms with Crippen LogP contribution in [0.4, 0.5) is 0 Å². The third-order valence-corrected chi connectivity index (χ3v) is 4.39. The molecule has 0 bridgehead atoms. The Morgan fingerprint density at radius 1 is 1.35 bits per heavy atom. The summed E-state index contributed by atoms with van der Waals surface area (Å²) in [6.45, 7) is 2.06.